The lowest BCUT2D eigenvalue weighted by Crippen LogP contribution is -2.63. The number of rotatable bonds is 34. The zero-order chi connectivity index (χ0) is 95.1. The van der Waals surface area contributed by atoms with Crippen molar-refractivity contribution in [3.05, 3.63) is 137 Å². The van der Waals surface area contributed by atoms with Crippen molar-refractivity contribution >= 4 is 90.4 Å². The van der Waals surface area contributed by atoms with Gasteiger partial charge < -0.3 is 48.4 Å². The summed E-state index contributed by atoms with van der Waals surface area (Å²) in [6.45, 7) is 13.4. The van der Waals surface area contributed by atoms with Gasteiger partial charge in [0.25, 0.3) is 22.2 Å². The number of ether oxygens (including phenoxy) is 6. The molecule has 43 nitrogen and oxygen atoms in total. The van der Waals surface area contributed by atoms with E-state index in [-0.39, 0.29) is 241 Å². The number of sulfonamides is 4. The number of aryl methyl sites for hydroxylation is 8. The number of nitrogens with zero attached hydrogens (tertiary/aromatic N) is 20. The van der Waals surface area contributed by atoms with Crippen molar-refractivity contribution in [2.45, 2.75) is 139 Å². The van der Waals surface area contributed by atoms with Gasteiger partial charge in [-0.1, -0.05) is 53.4 Å². The summed E-state index contributed by atoms with van der Waals surface area (Å²) in [5.41, 5.74) is 3.53. The van der Waals surface area contributed by atoms with Crippen LogP contribution in [0.15, 0.2) is 112 Å². The minimum absolute atomic E-state index is 0.0557. The summed E-state index contributed by atoms with van der Waals surface area (Å²) in [7, 11) is -11.1. The van der Waals surface area contributed by atoms with Gasteiger partial charge in [0.2, 0.25) is 52.8 Å². The molecule has 4 N–H and O–H groups in total. The lowest BCUT2D eigenvalue weighted by molar-refractivity contribution is -0.184. The number of piperazine rings is 4. The highest BCUT2D eigenvalue weighted by atomic mass is 32.2. The fourth-order valence-electron chi connectivity index (χ4n) is 17.9. The number of H-pyrrole nitrogens is 4. The maximum absolute atomic E-state index is 15.6. The van der Waals surface area contributed by atoms with Gasteiger partial charge in [-0.15, -0.1) is 0 Å². The second kappa shape index (κ2) is 39.3. The van der Waals surface area contributed by atoms with Crippen molar-refractivity contribution < 1.29 is 66.9 Å². The van der Waals surface area contributed by atoms with Crippen LogP contribution in [0.25, 0.3) is 89.7 Å². The number of carbonyl (C=O) groups is 1. The molecule has 12 aromatic rings. The first kappa shape index (κ1) is 95.4. The predicted molar refractivity (Wildman–Crippen MR) is 495 cm³/mol. The predicted octanol–water partition coefficient (Wildman–Crippen LogP) is 5.69. The molecule has 8 aromatic heterocycles. The summed E-state index contributed by atoms with van der Waals surface area (Å²) in [5.74, 6) is 1.23. The number of benzene rings is 4. The minimum Gasteiger partial charge on any atom is -0.493 e. The van der Waals surface area contributed by atoms with E-state index >= 15 is 38.5 Å². The van der Waals surface area contributed by atoms with Crippen molar-refractivity contribution in [2.75, 3.05) is 131 Å². The summed E-state index contributed by atoms with van der Waals surface area (Å²) < 4.78 is 170. The van der Waals surface area contributed by atoms with Crippen LogP contribution < -0.4 is 41.2 Å². The normalized spacial score (nSPS) is 16.2. The van der Waals surface area contributed by atoms with Crippen LogP contribution in [0.2, 0.25) is 0 Å². The van der Waals surface area contributed by atoms with E-state index in [9.17, 15) is 19.2 Å². The van der Waals surface area contributed by atoms with E-state index < -0.39 is 81.2 Å². The molecule has 0 aliphatic carbocycles. The second-order valence-electron chi connectivity index (χ2n) is 33.0. The van der Waals surface area contributed by atoms with Gasteiger partial charge >= 0.3 is 6.16 Å². The molecule has 4 aromatic carbocycles. The zero-order valence-electron chi connectivity index (χ0n) is 76.7. The maximum Gasteiger partial charge on any atom is 0.513 e. The van der Waals surface area contributed by atoms with Crippen molar-refractivity contribution in [1.82, 2.24) is 116 Å². The third-order valence-corrected chi connectivity index (χ3v) is 31.9. The van der Waals surface area contributed by atoms with Crippen LogP contribution >= 0.6 is 0 Å². The fraction of sp³-hybridized carbons (Fsp3) is 0.483. The number of carbonyl (C=O) groups excluding carboxylic acids is 1. The summed E-state index contributed by atoms with van der Waals surface area (Å²) in [4.78, 5) is 108. The summed E-state index contributed by atoms with van der Waals surface area (Å²) in [6.07, 6.45) is 0.809. The van der Waals surface area contributed by atoms with Crippen molar-refractivity contribution in [3.63, 3.8) is 0 Å². The highest BCUT2D eigenvalue weighted by molar-refractivity contribution is 7.90. The highest BCUT2D eigenvalue weighted by Crippen LogP contribution is 2.40. The van der Waals surface area contributed by atoms with Crippen molar-refractivity contribution in [1.29, 1.82) is 0 Å². The van der Waals surface area contributed by atoms with Crippen LogP contribution in [0.3, 0.4) is 0 Å². The van der Waals surface area contributed by atoms with Crippen LogP contribution in [-0.2, 0) is 103 Å². The lowest BCUT2D eigenvalue weighted by atomic mass is 10.1. The molecule has 0 amide bonds. The van der Waals surface area contributed by atoms with E-state index in [0.29, 0.717) is 96.2 Å². The van der Waals surface area contributed by atoms with Crippen LogP contribution in [0.4, 0.5) is 4.79 Å². The molecule has 0 radical (unpaired) electrons. The number of hydrogen-bond acceptors (Lipinski definition) is 31. The Labute approximate surface area is 772 Å². The first-order chi connectivity index (χ1) is 64.3. The SMILES string of the molecule is CCCc1nn(C)c2c(=O)[nH]c(-c3cc(S(=O)(=O)N4CCN(C(OC(=O)OC(N5CCN(S(=O)(=O)c6ccc(OCC)c(-c7nc8c(CCC)nn(C)c8c(=O)[nH]7)c6)CC5)N5CCN(S(=O)(=O)c6ccc(OCC)c(-c7nc8c(CCC)nn(C)c8c(=O)[nH]7)c6)CC5)N5CCN(S(=O)(=O)c6ccc(OCC)c(-c7nc8c(CCC)nn(C)c8c(=O)[nH]7)c6)CC5)CC4)ccc3OCC)nc12. The topological polar surface area (TPSA) is 489 Å². The van der Waals surface area contributed by atoms with Crippen LogP contribution in [0.1, 0.15) is 104 Å². The number of nitrogens with one attached hydrogen (secondary N) is 4. The van der Waals surface area contributed by atoms with Crippen molar-refractivity contribution in [3.8, 4) is 68.5 Å². The summed E-state index contributed by atoms with van der Waals surface area (Å²) in [6, 6.07) is 17.2. The third kappa shape index (κ3) is 18.5. The number of aromatic amines is 4. The van der Waals surface area contributed by atoms with E-state index in [0.717, 1.165) is 0 Å². The van der Waals surface area contributed by atoms with Gasteiger partial charge in [-0.2, -0.15) is 37.6 Å². The number of hydrogen-bond donors (Lipinski definition) is 4. The molecule has 0 spiro atoms. The molecular formula is C87H110N24O19S4. The van der Waals surface area contributed by atoms with E-state index in [1.165, 1.54) is 109 Å². The first-order valence-electron chi connectivity index (χ1n) is 45.0. The van der Waals surface area contributed by atoms with Crippen LogP contribution in [0.5, 0.6) is 23.0 Å². The van der Waals surface area contributed by atoms with E-state index in [1.807, 2.05) is 27.7 Å². The van der Waals surface area contributed by atoms with Gasteiger partial charge in [-0.25, -0.2) is 58.4 Å². The minimum atomic E-state index is -4.41. The Balaban J connectivity index is 0.711. The Morgan fingerprint density at radius 2 is 0.522 bits per heavy atom. The molecule has 47 heteroatoms. The Morgan fingerprint density at radius 3 is 0.709 bits per heavy atom. The monoisotopic (exact) mass is 1920 g/mol. The summed E-state index contributed by atoms with van der Waals surface area (Å²) >= 11 is 0. The standard InChI is InChI=1S/C87H110N24O19S4/c1-13-21-61-69-73(100(9)96-61)81(112)92-77(88-69)57-49-53(25-29-65(57)125-17-5)131(117,118)108-41-33-104(34-42-108)85(105-35-43-109(44-36-105)132(119,120)54-26-30-66(126-18-6)58(50-54)78-89-70-62(22-14-2)97-101(10)74(70)82(113)93-78)129-87(116)130-86(106-37-45-110(46-38-106)133(121,122)55-27-31-67(127-19-7)59(51-55)79-90-71-63(23-15-3)98-102(11)75(71)83(114)94-79)107-39-47-111(48-40-107)134(123,124)56-28-32-68(128-20-8)60(52-56)80-91-72-64(24-16-4)99-103(12)76(72)84(115)95-80/h25-32,49-52,85-86H,13-24,33-48H2,1-12H3,(H,88,92,112)(H,89,93,113)(H,90,94,114)(H,91,95,115). The molecule has 716 valence electrons. The zero-order valence-corrected chi connectivity index (χ0v) is 80.0. The molecule has 4 aliphatic heterocycles. The van der Waals surface area contributed by atoms with E-state index in [1.54, 1.807) is 75.5 Å². The molecule has 16 rings (SSSR count). The van der Waals surface area contributed by atoms with Gasteiger partial charge in [-0.3, -0.25) is 57.5 Å². The molecule has 12 heterocycles. The number of fused-ring (bicyclic) bond motifs is 4. The largest absolute Gasteiger partial charge is 0.513 e. The molecule has 0 atom stereocenters. The molecule has 4 fully saturated rings. The van der Waals surface area contributed by atoms with Crippen LogP contribution in [-0.4, -0.2) is 299 Å². The highest BCUT2D eigenvalue weighted by Gasteiger charge is 2.44. The Kier molecular flexibility index (Phi) is 28.0. The smallest absolute Gasteiger partial charge is 0.493 e. The Bertz CT molecular complexity index is 6380. The van der Waals surface area contributed by atoms with E-state index in [4.69, 9.17) is 48.4 Å². The Hall–Kier alpha value is -11.8. The molecule has 0 saturated carbocycles. The molecule has 4 aliphatic rings. The molecule has 0 unspecified atom stereocenters. The third-order valence-electron chi connectivity index (χ3n) is 24.3. The van der Waals surface area contributed by atoms with Gasteiger partial charge in [0, 0.05) is 133 Å². The van der Waals surface area contributed by atoms with Crippen molar-refractivity contribution in [2.24, 2.45) is 28.2 Å². The average Bonchev–Trinajstić information content (AvgIpc) is 1.16. The quantitative estimate of drug-likeness (QED) is 0.0352. The average molecular weight is 1920 g/mol. The number of aromatic nitrogens is 16. The lowest BCUT2D eigenvalue weighted by Gasteiger charge is -2.46. The van der Waals surface area contributed by atoms with Crippen LogP contribution in [0, 0.1) is 0 Å². The molecule has 4 saturated heterocycles. The van der Waals surface area contributed by atoms with Gasteiger partial charge in [0.05, 0.1) is 91.0 Å². The Morgan fingerprint density at radius 1 is 0.321 bits per heavy atom. The van der Waals surface area contributed by atoms with Gasteiger partial charge in [0.1, 0.15) is 68.4 Å². The maximum atomic E-state index is 15.6. The summed E-state index contributed by atoms with van der Waals surface area (Å²) in [5, 5.41) is 18.2. The van der Waals surface area contributed by atoms with E-state index in [2.05, 4.69) is 40.3 Å². The molecule has 0 bridgehead atoms. The molecule has 134 heavy (non-hydrogen) atoms. The fourth-order valence-corrected chi connectivity index (χ4v) is 23.7. The van der Waals surface area contributed by atoms with Gasteiger partial charge in [0.15, 0.2) is 22.1 Å². The second-order valence-corrected chi connectivity index (χ2v) is 40.7. The first-order valence-corrected chi connectivity index (χ1v) is 50.8. The van der Waals surface area contributed by atoms with Gasteiger partial charge in [-0.05, 0) is 126 Å². The molecular weight excluding hydrogens is 1810 g/mol.